The van der Waals surface area contributed by atoms with Crippen molar-refractivity contribution in [1.82, 2.24) is 54.2 Å². The largest absolute Gasteiger partial charge is 0.476 e. The Morgan fingerprint density at radius 3 is 0.992 bits per heavy atom. The predicted molar refractivity (Wildman–Crippen MR) is 432 cm³/mol. The van der Waals surface area contributed by atoms with Crippen LogP contribution in [0, 0.1) is 41.5 Å². The second kappa shape index (κ2) is 47.6. The maximum Gasteiger partial charge on any atom is 0.360 e. The molecule has 4 heterocycles. The Hall–Kier alpha value is -14.1. The van der Waals surface area contributed by atoms with Gasteiger partial charge in [0.25, 0.3) is 22.6 Å². The molecular formula is C81H100N12O30. The van der Waals surface area contributed by atoms with Gasteiger partial charge in [0.1, 0.15) is 19.8 Å². The molecule has 0 saturated carbocycles. The number of esters is 12. The number of hydrogen-bond acceptors (Lipinski definition) is 36. The number of ether oxygens (including phenoxy) is 12. The zero-order valence-electron chi connectivity index (χ0n) is 71.2. The van der Waals surface area contributed by atoms with Crippen LogP contribution >= 0.6 is 0 Å². The summed E-state index contributed by atoms with van der Waals surface area (Å²) >= 11 is 0. The van der Waals surface area contributed by atoms with E-state index in [-0.39, 0.29) is 42.2 Å². The van der Waals surface area contributed by atoms with Gasteiger partial charge in [-0.05, 0) is 122 Å². The van der Waals surface area contributed by atoms with Crippen LogP contribution < -0.4 is 27.7 Å². The fourth-order valence-electron chi connectivity index (χ4n) is 11.7. The number of tetrazole rings is 1. The summed E-state index contributed by atoms with van der Waals surface area (Å²) in [6.07, 6.45) is -8.42. The van der Waals surface area contributed by atoms with E-state index in [4.69, 9.17) is 62.6 Å². The Kier molecular flexibility index (Phi) is 39.2. The molecule has 0 radical (unpaired) electrons. The molecular weight excluding hydrogens is 1620 g/mol. The van der Waals surface area contributed by atoms with Crippen molar-refractivity contribution < 1.29 is 129 Å². The summed E-state index contributed by atoms with van der Waals surface area (Å²) in [5.41, 5.74) is 7.84. The van der Waals surface area contributed by atoms with Crippen LogP contribution in [0.15, 0.2) is 88.7 Å². The number of rotatable bonds is 35. The minimum absolute atomic E-state index is 0.0713. The number of aromatic carboxylic acids is 1. The molecule has 7 rings (SSSR count). The zero-order valence-corrected chi connectivity index (χ0v) is 71.2. The summed E-state index contributed by atoms with van der Waals surface area (Å²) in [5.74, 6) is -11.7. The number of carbonyl (C=O) groups is 14. The van der Waals surface area contributed by atoms with Crippen molar-refractivity contribution in [2.45, 2.75) is 206 Å². The molecule has 4 N–H and O–H groups in total. The third-order valence-corrected chi connectivity index (χ3v) is 17.2. The number of carboxylic acid groups (broad SMARTS) is 1. The van der Waals surface area contributed by atoms with Crippen molar-refractivity contribution in [2.75, 3.05) is 32.9 Å². The van der Waals surface area contributed by atoms with Crippen LogP contribution in [0.3, 0.4) is 0 Å². The molecule has 0 unspecified atom stereocenters. The number of benzene rings is 3. The lowest BCUT2D eigenvalue weighted by atomic mass is 10.1. The number of amides is 1. The van der Waals surface area contributed by atoms with Crippen molar-refractivity contribution in [3.05, 3.63) is 150 Å². The van der Waals surface area contributed by atoms with Crippen molar-refractivity contribution in [1.29, 1.82) is 0 Å². The molecule has 0 fully saturated rings. The molecule has 42 heteroatoms. The second-order valence-corrected chi connectivity index (χ2v) is 27.2. The van der Waals surface area contributed by atoms with Crippen molar-refractivity contribution in [3.8, 4) is 11.5 Å². The van der Waals surface area contributed by atoms with E-state index in [1.54, 1.807) is 62.4 Å². The molecule has 123 heavy (non-hydrogen) atoms. The number of nitrogens with two attached hydrogens (primary N) is 1. The van der Waals surface area contributed by atoms with Gasteiger partial charge in [-0.3, -0.25) is 76.7 Å². The summed E-state index contributed by atoms with van der Waals surface area (Å²) in [7, 11) is 0. The number of carbonyl (C=O) groups excluding carboxylic acids is 13. The maximum absolute atomic E-state index is 14.0. The van der Waals surface area contributed by atoms with Crippen LogP contribution in [-0.2, 0) is 141 Å². The molecule has 42 nitrogen and oxygen atoms in total. The molecule has 0 saturated heterocycles. The normalized spacial score (nSPS) is 12.9. The van der Waals surface area contributed by atoms with Gasteiger partial charge in [-0.1, -0.05) is 18.2 Å². The highest BCUT2D eigenvalue weighted by atomic mass is 16.7. The zero-order chi connectivity index (χ0) is 92.7. The second-order valence-electron chi connectivity index (χ2n) is 27.2. The Bertz CT molecular complexity index is 5360. The molecule has 7 aromatic rings. The summed E-state index contributed by atoms with van der Waals surface area (Å²) in [6.45, 7) is 32.6. The molecule has 0 aliphatic heterocycles. The predicted octanol–water partition coefficient (Wildman–Crippen LogP) is 3.70. The van der Waals surface area contributed by atoms with Gasteiger partial charge in [0.05, 0.1) is 59.3 Å². The quantitative estimate of drug-likeness (QED) is 0.0289. The number of aromatic nitrogens is 10. The highest BCUT2D eigenvalue weighted by molar-refractivity contribution is 5.94. The van der Waals surface area contributed by atoms with E-state index in [2.05, 4.69) is 55.5 Å². The monoisotopic (exact) mass is 1720 g/mol. The summed E-state index contributed by atoms with van der Waals surface area (Å²) < 4.78 is 68.2. The molecule has 4 aromatic heterocycles. The first-order chi connectivity index (χ1) is 57.7. The van der Waals surface area contributed by atoms with E-state index in [0.29, 0.717) is 28.6 Å². The van der Waals surface area contributed by atoms with E-state index >= 15 is 0 Å². The summed E-state index contributed by atoms with van der Waals surface area (Å²) in [4.78, 5) is 221. The number of carboxylic acids is 1. The smallest absolute Gasteiger partial charge is 0.360 e. The fourth-order valence-corrected chi connectivity index (χ4v) is 11.7. The third-order valence-electron chi connectivity index (χ3n) is 17.2. The average Bonchev–Trinajstić information content (AvgIpc) is 1.67. The van der Waals surface area contributed by atoms with Crippen LogP contribution in [-0.4, -0.2) is 225 Å². The molecule has 0 bridgehead atoms. The van der Waals surface area contributed by atoms with Gasteiger partial charge < -0.3 is 86.7 Å². The molecule has 9 atom stereocenters. The van der Waals surface area contributed by atoms with E-state index in [0.717, 1.165) is 121 Å². The standard InChI is InChI=1S/C27H32N6O9.C27H33N3O10.C24H28N2O11.C3H7N/c1-8-9-33-26(29-30-31-33)24-27(38)32(21-11-15(3)14(2)10-20(21)28-24)12-22(40-17(5)35)25(42-19(7)37)23(41-18(6)36)13-39-16(4)34;1-8-9-28-26(35)24-27(36)30(21-11-15(3)14(2)10-20(21)29-24)12-22(38-17(5)32)25(40-19(7)34)23(39-18(6)33)13-37-16(4)31;1-11-7-17-18(8-12(11)2)26(23(31)21(25-17)24(32)33)9-19(35-14(4)28)22(37-16(6)30)20(36-15(5)29)10-34-13(3)27;1-2-3-4/h8,10-11,22-23,25H,1,9,12-13H2,2-7H3;8,10-11,22-23,25H,1,9,12-13H2,2-7H3,(H,28,35);7-8,19-20,22H,9-10H2,1-6H3,(H,32,33);2H,1,3-4H2/t2*22-,23+,25-;19-,20+,22-;/m000./s1. The molecule has 0 spiro atoms. The van der Waals surface area contributed by atoms with Gasteiger partial charge in [-0.25, -0.2) is 24.4 Å². The first-order valence-electron chi connectivity index (χ1n) is 37.5. The molecule has 0 aliphatic carbocycles. The Morgan fingerprint density at radius 2 is 0.699 bits per heavy atom. The Labute approximate surface area is 703 Å². The van der Waals surface area contributed by atoms with Crippen molar-refractivity contribution >= 4 is 117 Å². The Morgan fingerprint density at radius 1 is 0.407 bits per heavy atom. The maximum atomic E-state index is 14.0. The van der Waals surface area contributed by atoms with Crippen molar-refractivity contribution in [3.63, 3.8) is 0 Å². The topological polar surface area (TPSA) is 556 Å². The first-order valence-corrected chi connectivity index (χ1v) is 37.5. The van der Waals surface area contributed by atoms with E-state index in [9.17, 15) is 86.6 Å². The minimum Gasteiger partial charge on any atom is -0.476 e. The lowest BCUT2D eigenvalue weighted by Crippen LogP contribution is -2.50. The van der Waals surface area contributed by atoms with Gasteiger partial charge in [0, 0.05) is 96.2 Å². The van der Waals surface area contributed by atoms with Gasteiger partial charge in [-0.15, -0.1) is 24.8 Å². The third kappa shape index (κ3) is 30.6. The SMILES string of the molecule is C=CCN.C=CCNC(=O)c1nc2cc(C)c(C)cc2n(C[C@H](OC(C)=O)[C@H](OC(C)=O)[C@@H](COC(C)=O)OC(C)=O)c1=O.C=CCn1nnnc1-c1nc2cc(C)c(C)cc2n(C[C@H](OC(C)=O)[C@H](OC(C)=O)[C@@H](COC(C)=O)OC(C)=O)c1=O.CC(=O)OC[C@@H](OC(C)=O)[C@@H](OC(C)=O)[C@H](Cn1c(=O)c(C(=O)O)nc2cc(C)c(C)cc21)OC(C)=O. The van der Waals surface area contributed by atoms with Gasteiger partial charge in [-0.2, -0.15) is 0 Å². The van der Waals surface area contributed by atoms with Gasteiger partial charge >= 0.3 is 77.6 Å². The Balaban J connectivity index is 0.000000379. The highest BCUT2D eigenvalue weighted by Crippen LogP contribution is 2.27. The number of allylic oxidation sites excluding steroid dienone is 1. The van der Waals surface area contributed by atoms with Crippen LogP contribution in [0.1, 0.15) is 137 Å². The number of nitrogens with zero attached hydrogens (tertiary/aromatic N) is 10. The van der Waals surface area contributed by atoms with Gasteiger partial charge in [0.15, 0.2) is 66.3 Å². The average molecular weight is 1720 g/mol. The number of fused-ring (bicyclic) bond motifs is 3. The number of aryl methyl sites for hydroxylation is 6. The van der Waals surface area contributed by atoms with Crippen molar-refractivity contribution in [2.24, 2.45) is 5.73 Å². The molecule has 3 aromatic carbocycles. The summed E-state index contributed by atoms with van der Waals surface area (Å²) in [6, 6.07) is 10.1. The highest BCUT2D eigenvalue weighted by Gasteiger charge is 2.43. The lowest BCUT2D eigenvalue weighted by molar-refractivity contribution is -0.190. The van der Waals surface area contributed by atoms with E-state index in [1.165, 1.54) is 19.9 Å². The molecule has 0 aliphatic rings. The molecule has 1 amide bonds. The van der Waals surface area contributed by atoms with E-state index < -0.39 is 199 Å². The van der Waals surface area contributed by atoms with Gasteiger partial charge in [0.2, 0.25) is 11.5 Å². The number of nitrogens with one attached hydrogen (secondary N) is 1. The van der Waals surface area contributed by atoms with E-state index in [1.807, 2.05) is 27.7 Å². The summed E-state index contributed by atoms with van der Waals surface area (Å²) in [5, 5.41) is 23.6. The fraction of sp³-hybridized carbons (Fsp3) is 0.444. The lowest BCUT2D eigenvalue weighted by Gasteiger charge is -2.32. The molecule has 664 valence electrons. The number of hydrogen-bond donors (Lipinski definition) is 3. The van der Waals surface area contributed by atoms with Crippen LogP contribution in [0.4, 0.5) is 0 Å². The minimum atomic E-state index is -1.58. The van der Waals surface area contributed by atoms with Crippen LogP contribution in [0.25, 0.3) is 44.6 Å². The van der Waals surface area contributed by atoms with Crippen LogP contribution in [0.5, 0.6) is 0 Å². The first kappa shape index (κ1) is 101. The van der Waals surface area contributed by atoms with Crippen LogP contribution in [0.2, 0.25) is 0 Å².